The number of aliphatic hydroxyl groups is 2. The first kappa shape index (κ1) is 21.4. The summed E-state index contributed by atoms with van der Waals surface area (Å²) in [4.78, 5) is 0. The van der Waals surface area contributed by atoms with E-state index in [4.69, 9.17) is 25.8 Å². The number of hydrogen-bond acceptors (Lipinski definition) is 5. The molecule has 2 N–H and O–H groups in total. The molecule has 2 aromatic rings. The second kappa shape index (κ2) is 9.56. The van der Waals surface area contributed by atoms with Gasteiger partial charge in [0.25, 0.3) is 0 Å². The van der Waals surface area contributed by atoms with Crippen molar-refractivity contribution in [2.24, 2.45) is 0 Å². The number of rotatable bonds is 6. The lowest BCUT2D eigenvalue weighted by Crippen LogP contribution is -2.34. The lowest BCUT2D eigenvalue weighted by molar-refractivity contribution is -0.114. The van der Waals surface area contributed by atoms with E-state index in [9.17, 15) is 10.2 Å². The van der Waals surface area contributed by atoms with Gasteiger partial charge in [0.2, 0.25) is 0 Å². The summed E-state index contributed by atoms with van der Waals surface area (Å²) < 4.78 is 17.6. The summed E-state index contributed by atoms with van der Waals surface area (Å²) in [6, 6.07) is 10.1. The Balaban J connectivity index is 1.68. The highest BCUT2D eigenvalue weighted by molar-refractivity contribution is 6.32. The Morgan fingerprint density at radius 1 is 1.20 bits per heavy atom. The van der Waals surface area contributed by atoms with Gasteiger partial charge in [0, 0.05) is 24.0 Å². The predicted molar refractivity (Wildman–Crippen MR) is 116 cm³/mol. The number of benzene rings is 2. The van der Waals surface area contributed by atoms with Crippen LogP contribution >= 0.6 is 11.6 Å². The Labute approximate surface area is 182 Å². The molecular formula is C24H29ClO5. The minimum atomic E-state index is -0.509. The molecule has 2 aliphatic rings. The van der Waals surface area contributed by atoms with Crippen LogP contribution in [-0.4, -0.2) is 42.2 Å². The van der Waals surface area contributed by atoms with Crippen molar-refractivity contribution >= 4 is 11.6 Å². The molecular weight excluding hydrogens is 404 g/mol. The molecule has 0 radical (unpaired) electrons. The number of ether oxygens (including phenoxy) is 3. The zero-order chi connectivity index (χ0) is 21.1. The zero-order valence-electron chi connectivity index (χ0n) is 17.3. The minimum absolute atomic E-state index is 0.108. The lowest BCUT2D eigenvalue weighted by Gasteiger charge is -2.35. The van der Waals surface area contributed by atoms with Crippen LogP contribution in [-0.2, 0) is 17.6 Å². The maximum Gasteiger partial charge on any atom is 0.129 e. The van der Waals surface area contributed by atoms with Gasteiger partial charge in [-0.3, -0.25) is 0 Å². The maximum absolute atomic E-state index is 10.3. The summed E-state index contributed by atoms with van der Waals surface area (Å²) in [5, 5.41) is 20.6. The van der Waals surface area contributed by atoms with Gasteiger partial charge < -0.3 is 24.4 Å². The topological polar surface area (TPSA) is 68.2 Å². The van der Waals surface area contributed by atoms with Gasteiger partial charge in [0.05, 0.1) is 43.2 Å². The van der Waals surface area contributed by atoms with Crippen LogP contribution in [0.25, 0.3) is 0 Å². The van der Waals surface area contributed by atoms with Gasteiger partial charge >= 0.3 is 0 Å². The van der Waals surface area contributed by atoms with E-state index in [1.165, 1.54) is 0 Å². The van der Waals surface area contributed by atoms with E-state index < -0.39 is 6.10 Å². The van der Waals surface area contributed by atoms with Gasteiger partial charge in [-0.2, -0.15) is 0 Å². The highest BCUT2D eigenvalue weighted by Gasteiger charge is 2.33. The zero-order valence-corrected chi connectivity index (χ0v) is 18.0. The van der Waals surface area contributed by atoms with Crippen molar-refractivity contribution in [3.8, 4) is 11.5 Å². The molecule has 0 bridgehead atoms. The summed E-state index contributed by atoms with van der Waals surface area (Å²) in [6.45, 7) is 3.15. The summed E-state index contributed by atoms with van der Waals surface area (Å²) >= 11 is 6.82. The van der Waals surface area contributed by atoms with Crippen molar-refractivity contribution in [3.05, 3.63) is 57.6 Å². The molecule has 2 aliphatic heterocycles. The molecule has 2 heterocycles. The van der Waals surface area contributed by atoms with E-state index in [1.807, 2.05) is 19.1 Å². The quantitative estimate of drug-likeness (QED) is 0.715. The fourth-order valence-electron chi connectivity index (χ4n) is 4.37. The van der Waals surface area contributed by atoms with Crippen molar-refractivity contribution in [1.29, 1.82) is 0 Å². The largest absolute Gasteiger partial charge is 0.494 e. The van der Waals surface area contributed by atoms with Crippen LogP contribution < -0.4 is 9.47 Å². The van der Waals surface area contributed by atoms with Crippen LogP contribution in [0, 0.1) is 0 Å². The van der Waals surface area contributed by atoms with E-state index in [1.54, 1.807) is 0 Å². The average molecular weight is 433 g/mol. The maximum atomic E-state index is 10.3. The van der Waals surface area contributed by atoms with Crippen molar-refractivity contribution < 1.29 is 24.4 Å². The van der Waals surface area contributed by atoms with Gasteiger partial charge in [0.1, 0.15) is 11.5 Å². The third-order valence-corrected chi connectivity index (χ3v) is 6.26. The monoisotopic (exact) mass is 432 g/mol. The number of hydrogen-bond donors (Lipinski definition) is 2. The lowest BCUT2D eigenvalue weighted by atomic mass is 9.89. The summed E-state index contributed by atoms with van der Waals surface area (Å²) in [7, 11) is 0. The van der Waals surface area contributed by atoms with Gasteiger partial charge in [-0.25, -0.2) is 0 Å². The van der Waals surface area contributed by atoms with E-state index in [2.05, 4.69) is 18.2 Å². The highest BCUT2D eigenvalue weighted by Crippen LogP contribution is 2.44. The average Bonchev–Trinajstić information content (AvgIpc) is 2.76. The number of halogens is 1. The molecule has 0 amide bonds. The summed E-state index contributed by atoms with van der Waals surface area (Å²) in [6.07, 6.45) is 2.19. The van der Waals surface area contributed by atoms with Gasteiger partial charge in [0.15, 0.2) is 0 Å². The van der Waals surface area contributed by atoms with E-state index in [0.717, 1.165) is 51.6 Å². The number of fused-ring (bicyclic) bond motifs is 1. The molecule has 30 heavy (non-hydrogen) atoms. The molecule has 3 atom stereocenters. The third-order valence-electron chi connectivity index (χ3n) is 5.79. The van der Waals surface area contributed by atoms with Crippen molar-refractivity contribution in [1.82, 2.24) is 0 Å². The Morgan fingerprint density at radius 3 is 2.73 bits per heavy atom. The first-order valence-electron chi connectivity index (χ1n) is 10.7. The minimum Gasteiger partial charge on any atom is -0.494 e. The fourth-order valence-corrected chi connectivity index (χ4v) is 4.67. The van der Waals surface area contributed by atoms with Crippen molar-refractivity contribution in [3.63, 3.8) is 0 Å². The Morgan fingerprint density at radius 2 is 2.00 bits per heavy atom. The van der Waals surface area contributed by atoms with Gasteiger partial charge in [-0.05, 0) is 55.5 Å². The fraction of sp³-hybridized carbons (Fsp3) is 0.500. The second-order valence-electron chi connectivity index (χ2n) is 8.01. The molecule has 1 fully saturated rings. The van der Waals surface area contributed by atoms with Crippen LogP contribution in [0.5, 0.6) is 11.5 Å². The molecule has 0 spiro atoms. The van der Waals surface area contributed by atoms with Crippen LogP contribution in [0.3, 0.4) is 0 Å². The Kier molecular flexibility index (Phi) is 6.84. The molecule has 6 heteroatoms. The predicted octanol–water partition coefficient (Wildman–Crippen LogP) is 4.23. The second-order valence-corrected chi connectivity index (χ2v) is 8.38. The van der Waals surface area contributed by atoms with Crippen LogP contribution in [0.4, 0.5) is 0 Å². The molecule has 162 valence electrons. The molecule has 0 saturated carbocycles. The summed E-state index contributed by atoms with van der Waals surface area (Å²) in [5.74, 6) is 1.64. The van der Waals surface area contributed by atoms with Crippen molar-refractivity contribution in [2.75, 3.05) is 19.8 Å². The van der Waals surface area contributed by atoms with E-state index in [-0.39, 0.29) is 18.8 Å². The molecule has 3 unspecified atom stereocenters. The highest BCUT2D eigenvalue weighted by atomic mass is 35.5. The van der Waals surface area contributed by atoms with Crippen LogP contribution in [0.15, 0.2) is 30.3 Å². The SMILES string of the molecule is CCOc1ccc(Cc2cc(C3CC(O)CC(CO)O3)c3c(c2Cl)CCCO3)cc1. The normalized spacial score (nSPS) is 23.5. The van der Waals surface area contributed by atoms with E-state index >= 15 is 0 Å². The van der Waals surface area contributed by atoms with E-state index in [0.29, 0.717) is 32.5 Å². The molecule has 1 saturated heterocycles. The number of aliphatic hydroxyl groups excluding tert-OH is 2. The molecule has 0 aromatic heterocycles. The molecule has 0 aliphatic carbocycles. The van der Waals surface area contributed by atoms with Gasteiger partial charge in [-0.15, -0.1) is 0 Å². The third kappa shape index (κ3) is 4.59. The molecule has 4 rings (SSSR count). The molecule has 2 aromatic carbocycles. The van der Waals surface area contributed by atoms with Crippen molar-refractivity contribution in [2.45, 2.75) is 57.3 Å². The molecule has 5 nitrogen and oxygen atoms in total. The van der Waals surface area contributed by atoms with Crippen LogP contribution in [0.2, 0.25) is 5.02 Å². The standard InChI is InChI=1S/C24H29ClO5/c1-2-28-18-7-5-15(6-8-18)10-16-11-21(22-13-17(27)12-19(14-26)30-22)24-20(23(16)25)4-3-9-29-24/h5-8,11,17,19,22,26-27H,2-4,9-10,12-14H2,1H3. The first-order chi connectivity index (χ1) is 14.6. The Bertz CT molecular complexity index is 867. The summed E-state index contributed by atoms with van der Waals surface area (Å²) in [5.41, 5.74) is 4.10. The van der Waals surface area contributed by atoms with Gasteiger partial charge in [-0.1, -0.05) is 23.7 Å². The Hall–Kier alpha value is -1.79. The first-order valence-corrected chi connectivity index (χ1v) is 11.1. The van der Waals surface area contributed by atoms with Crippen LogP contribution in [0.1, 0.15) is 54.5 Å². The smallest absolute Gasteiger partial charge is 0.129 e.